The molecule has 180 valence electrons. The number of hydrogen-bond donors (Lipinski definition) is 2. The predicted molar refractivity (Wildman–Crippen MR) is 145 cm³/mol. The quantitative estimate of drug-likeness (QED) is 0.259. The van der Waals surface area contributed by atoms with Crippen LogP contribution in [0.15, 0.2) is 59.6 Å². The number of carbonyl (C=O) groups is 1. The average Bonchev–Trinajstić information content (AvgIpc) is 3.16. The Balaban J connectivity index is 0.00000385. The van der Waals surface area contributed by atoms with Gasteiger partial charge in [-0.2, -0.15) is 0 Å². The summed E-state index contributed by atoms with van der Waals surface area (Å²) in [6, 6.07) is 18.5. The Morgan fingerprint density at radius 3 is 2.61 bits per heavy atom. The van der Waals surface area contributed by atoms with Crippen molar-refractivity contribution in [3.63, 3.8) is 0 Å². The lowest BCUT2D eigenvalue weighted by atomic mass is 10.1. The Bertz CT molecular complexity index is 889. The minimum atomic E-state index is 0. The first-order valence-electron chi connectivity index (χ1n) is 11.5. The molecule has 0 saturated carbocycles. The molecule has 0 bridgehead atoms. The van der Waals surface area contributed by atoms with Crippen LogP contribution in [0.3, 0.4) is 0 Å². The van der Waals surface area contributed by atoms with Gasteiger partial charge in [0.2, 0.25) is 5.91 Å². The van der Waals surface area contributed by atoms with Crippen molar-refractivity contribution >= 4 is 35.8 Å². The zero-order valence-electron chi connectivity index (χ0n) is 19.9. The van der Waals surface area contributed by atoms with E-state index in [-0.39, 0.29) is 29.9 Å². The van der Waals surface area contributed by atoms with E-state index in [0.29, 0.717) is 31.4 Å². The van der Waals surface area contributed by atoms with Crippen LogP contribution in [0.2, 0.25) is 0 Å². The molecule has 0 aromatic heterocycles. The summed E-state index contributed by atoms with van der Waals surface area (Å²) in [5.74, 6) is 2.67. The number of benzene rings is 2. The lowest BCUT2D eigenvalue weighted by molar-refractivity contribution is -0.127. The van der Waals surface area contributed by atoms with Crippen molar-refractivity contribution < 1.29 is 9.53 Å². The molecule has 2 aromatic carbocycles. The van der Waals surface area contributed by atoms with E-state index in [2.05, 4.69) is 53.7 Å². The van der Waals surface area contributed by atoms with Crippen molar-refractivity contribution in [3.05, 3.63) is 65.7 Å². The number of halogens is 1. The second kappa shape index (κ2) is 14.1. The second-order valence-corrected chi connectivity index (χ2v) is 8.80. The fraction of sp³-hybridized carbons (Fsp3) is 0.462. The fourth-order valence-electron chi connectivity index (χ4n) is 3.77. The molecular formula is C26H37IN4O2. The van der Waals surface area contributed by atoms with Crippen molar-refractivity contribution in [1.29, 1.82) is 0 Å². The SMILES string of the molecule is CN=C(NCc1cccc(OCC(C)C)c1)NCC1CC(=O)N(CCc2ccccc2)C1.I. The molecule has 1 amide bonds. The topological polar surface area (TPSA) is 66.0 Å². The van der Waals surface area contributed by atoms with Crippen LogP contribution in [0.5, 0.6) is 5.75 Å². The first kappa shape index (κ1) is 27.0. The number of aliphatic imine (C=N–C) groups is 1. The maximum absolute atomic E-state index is 12.4. The van der Waals surface area contributed by atoms with Crippen LogP contribution < -0.4 is 15.4 Å². The highest BCUT2D eigenvalue weighted by atomic mass is 127. The van der Waals surface area contributed by atoms with Gasteiger partial charge >= 0.3 is 0 Å². The molecule has 0 radical (unpaired) electrons. The summed E-state index contributed by atoms with van der Waals surface area (Å²) in [7, 11) is 1.77. The highest BCUT2D eigenvalue weighted by molar-refractivity contribution is 14.0. The van der Waals surface area contributed by atoms with Gasteiger partial charge in [-0.3, -0.25) is 9.79 Å². The number of carbonyl (C=O) groups excluding carboxylic acids is 1. The Kier molecular flexibility index (Phi) is 11.5. The first-order chi connectivity index (χ1) is 15.5. The fourth-order valence-corrected chi connectivity index (χ4v) is 3.77. The molecule has 2 N–H and O–H groups in total. The van der Waals surface area contributed by atoms with Gasteiger partial charge in [0.15, 0.2) is 5.96 Å². The molecule has 1 saturated heterocycles. The van der Waals surface area contributed by atoms with Gasteiger partial charge in [0, 0.05) is 45.6 Å². The van der Waals surface area contributed by atoms with Crippen molar-refractivity contribution in [1.82, 2.24) is 15.5 Å². The van der Waals surface area contributed by atoms with Gasteiger partial charge < -0.3 is 20.3 Å². The smallest absolute Gasteiger partial charge is 0.223 e. The van der Waals surface area contributed by atoms with Crippen LogP contribution in [-0.4, -0.2) is 50.1 Å². The number of nitrogens with one attached hydrogen (secondary N) is 2. The standard InChI is InChI=1S/C26H36N4O2.HI/c1-20(2)19-32-24-11-7-10-22(14-24)16-28-26(27-3)29-17-23-15-25(31)30(18-23)13-12-21-8-5-4-6-9-21;/h4-11,14,20,23H,12-13,15-19H2,1-3H3,(H2,27,28,29);1H. The molecule has 1 aliphatic heterocycles. The molecule has 1 heterocycles. The molecule has 1 fully saturated rings. The molecular weight excluding hydrogens is 527 g/mol. The predicted octanol–water partition coefficient (Wildman–Crippen LogP) is 4.10. The monoisotopic (exact) mass is 564 g/mol. The van der Waals surface area contributed by atoms with E-state index >= 15 is 0 Å². The van der Waals surface area contributed by atoms with E-state index in [9.17, 15) is 4.79 Å². The van der Waals surface area contributed by atoms with E-state index in [4.69, 9.17) is 4.74 Å². The summed E-state index contributed by atoms with van der Waals surface area (Å²) < 4.78 is 5.81. The summed E-state index contributed by atoms with van der Waals surface area (Å²) in [4.78, 5) is 18.7. The van der Waals surface area contributed by atoms with Crippen molar-refractivity contribution in [2.75, 3.05) is 33.3 Å². The highest BCUT2D eigenvalue weighted by Gasteiger charge is 2.29. The van der Waals surface area contributed by atoms with Gasteiger partial charge in [-0.05, 0) is 35.6 Å². The highest BCUT2D eigenvalue weighted by Crippen LogP contribution is 2.18. The second-order valence-electron chi connectivity index (χ2n) is 8.80. The Morgan fingerprint density at radius 1 is 1.12 bits per heavy atom. The van der Waals surface area contributed by atoms with Gasteiger partial charge in [0.1, 0.15) is 5.75 Å². The van der Waals surface area contributed by atoms with Gasteiger partial charge in [0.25, 0.3) is 0 Å². The summed E-state index contributed by atoms with van der Waals surface area (Å²) in [5, 5.41) is 6.74. The van der Waals surface area contributed by atoms with E-state index < -0.39 is 0 Å². The Labute approximate surface area is 215 Å². The maximum Gasteiger partial charge on any atom is 0.223 e. The first-order valence-corrected chi connectivity index (χ1v) is 11.5. The van der Waals surface area contributed by atoms with Crippen LogP contribution in [-0.2, 0) is 17.8 Å². The number of ether oxygens (including phenoxy) is 1. The number of amides is 1. The van der Waals surface area contributed by atoms with Gasteiger partial charge in [-0.25, -0.2) is 0 Å². The molecule has 0 aliphatic carbocycles. The van der Waals surface area contributed by atoms with Crippen molar-refractivity contribution in [2.24, 2.45) is 16.8 Å². The number of hydrogen-bond acceptors (Lipinski definition) is 3. The van der Waals surface area contributed by atoms with Crippen LogP contribution in [0.25, 0.3) is 0 Å². The lowest BCUT2D eigenvalue weighted by Crippen LogP contribution is -2.40. The normalized spacial score (nSPS) is 16.0. The molecule has 7 heteroatoms. The number of rotatable bonds is 10. The third-order valence-corrected chi connectivity index (χ3v) is 5.53. The zero-order chi connectivity index (χ0) is 22.8. The number of guanidine groups is 1. The molecule has 6 nitrogen and oxygen atoms in total. The third-order valence-electron chi connectivity index (χ3n) is 5.53. The van der Waals surface area contributed by atoms with Crippen LogP contribution in [0.1, 0.15) is 31.4 Å². The minimum absolute atomic E-state index is 0. The molecule has 1 atom stereocenters. The molecule has 3 rings (SSSR count). The van der Waals surface area contributed by atoms with E-state index in [1.165, 1.54) is 5.56 Å². The molecule has 33 heavy (non-hydrogen) atoms. The molecule has 1 aliphatic rings. The van der Waals surface area contributed by atoms with Gasteiger partial charge in [0.05, 0.1) is 6.61 Å². The third kappa shape index (κ3) is 9.23. The lowest BCUT2D eigenvalue weighted by Gasteiger charge is -2.18. The summed E-state index contributed by atoms with van der Waals surface area (Å²) in [5.41, 5.74) is 2.41. The number of nitrogens with zero attached hydrogens (tertiary/aromatic N) is 2. The molecule has 1 unspecified atom stereocenters. The van der Waals surface area contributed by atoms with Crippen molar-refractivity contribution in [2.45, 2.75) is 33.2 Å². The van der Waals surface area contributed by atoms with E-state index in [1.807, 2.05) is 35.2 Å². The average molecular weight is 565 g/mol. The van der Waals surface area contributed by atoms with Gasteiger partial charge in [-0.1, -0.05) is 56.3 Å². The Hall–Kier alpha value is -2.29. The summed E-state index contributed by atoms with van der Waals surface area (Å²) >= 11 is 0. The van der Waals surface area contributed by atoms with Gasteiger partial charge in [-0.15, -0.1) is 24.0 Å². The van der Waals surface area contributed by atoms with E-state index in [0.717, 1.165) is 43.3 Å². The van der Waals surface area contributed by atoms with Crippen LogP contribution >= 0.6 is 24.0 Å². The molecule has 2 aromatic rings. The summed E-state index contributed by atoms with van der Waals surface area (Å²) in [6.07, 6.45) is 1.49. The molecule has 0 spiro atoms. The maximum atomic E-state index is 12.4. The zero-order valence-corrected chi connectivity index (χ0v) is 22.3. The van der Waals surface area contributed by atoms with Crippen LogP contribution in [0.4, 0.5) is 0 Å². The number of likely N-dealkylation sites (tertiary alicyclic amines) is 1. The Morgan fingerprint density at radius 2 is 1.88 bits per heavy atom. The minimum Gasteiger partial charge on any atom is -0.493 e. The van der Waals surface area contributed by atoms with E-state index in [1.54, 1.807) is 7.05 Å². The largest absolute Gasteiger partial charge is 0.493 e. The summed E-state index contributed by atoms with van der Waals surface area (Å²) in [6.45, 7) is 7.95. The van der Waals surface area contributed by atoms with Crippen LogP contribution in [0, 0.1) is 11.8 Å². The van der Waals surface area contributed by atoms with Crippen molar-refractivity contribution in [3.8, 4) is 5.75 Å².